The molecule has 0 atom stereocenters. The molecule has 2 fully saturated rings. The highest BCUT2D eigenvalue weighted by Crippen LogP contribution is 2.48. The lowest BCUT2D eigenvalue weighted by atomic mass is 9.70. The molecule has 0 N–H and O–H groups in total. The summed E-state index contributed by atoms with van der Waals surface area (Å²) in [4.78, 5) is 14.4. The van der Waals surface area contributed by atoms with Crippen molar-refractivity contribution in [3.8, 4) is 0 Å². The van der Waals surface area contributed by atoms with Crippen LogP contribution in [0.5, 0.6) is 0 Å². The van der Waals surface area contributed by atoms with Gasteiger partial charge in [0.05, 0.1) is 0 Å². The van der Waals surface area contributed by atoms with Crippen molar-refractivity contribution in [1.82, 2.24) is 4.90 Å². The Hall–Kier alpha value is -0.790. The third kappa shape index (κ3) is 1.95. The molecule has 0 bridgehead atoms. The van der Waals surface area contributed by atoms with Crippen LogP contribution < -0.4 is 0 Å². The van der Waals surface area contributed by atoms with E-state index in [1.165, 1.54) is 19.3 Å². The molecule has 1 spiro atoms. The minimum absolute atomic E-state index is 0.0556. The molecule has 0 amide bonds. The van der Waals surface area contributed by atoms with Gasteiger partial charge in [0.15, 0.2) is 5.78 Å². The fourth-order valence-electron chi connectivity index (χ4n) is 3.15. The van der Waals surface area contributed by atoms with Crippen molar-refractivity contribution in [2.24, 2.45) is 5.41 Å². The van der Waals surface area contributed by atoms with Gasteiger partial charge in [0.2, 0.25) is 0 Å². The Bertz CT molecular complexity index is 285. The Kier molecular flexibility index (Phi) is 2.85. The summed E-state index contributed by atoms with van der Waals surface area (Å²) in [5.74, 6) is 0.458. The van der Waals surface area contributed by atoms with Gasteiger partial charge >= 0.3 is 0 Å². The van der Waals surface area contributed by atoms with Gasteiger partial charge in [-0.15, -0.1) is 0 Å². The molecule has 0 aromatic rings. The van der Waals surface area contributed by atoms with Crippen molar-refractivity contribution in [3.05, 3.63) is 11.8 Å². The SMILES string of the molecule is CN(C)/C=C1/CCCC2(CCCC2)C1=O. The van der Waals surface area contributed by atoms with E-state index >= 15 is 0 Å². The fourth-order valence-corrected chi connectivity index (χ4v) is 3.15. The first-order valence-corrected chi connectivity index (χ1v) is 6.06. The predicted octanol–water partition coefficient (Wildman–Crippen LogP) is 2.75. The topological polar surface area (TPSA) is 20.3 Å². The van der Waals surface area contributed by atoms with Crippen LogP contribution in [0.15, 0.2) is 11.8 Å². The largest absolute Gasteiger partial charge is 0.383 e. The molecule has 0 saturated heterocycles. The summed E-state index contributed by atoms with van der Waals surface area (Å²) in [5, 5.41) is 0. The zero-order chi connectivity index (χ0) is 10.9. The van der Waals surface area contributed by atoms with Crippen molar-refractivity contribution >= 4 is 5.78 Å². The monoisotopic (exact) mass is 207 g/mol. The minimum atomic E-state index is 0.0556. The summed E-state index contributed by atoms with van der Waals surface area (Å²) >= 11 is 0. The molecule has 2 aliphatic rings. The van der Waals surface area contributed by atoms with E-state index in [1.807, 2.05) is 25.2 Å². The van der Waals surface area contributed by atoms with E-state index in [9.17, 15) is 4.79 Å². The van der Waals surface area contributed by atoms with Gasteiger partial charge in [-0.2, -0.15) is 0 Å². The molecule has 2 nitrogen and oxygen atoms in total. The van der Waals surface area contributed by atoms with Crippen molar-refractivity contribution < 1.29 is 4.79 Å². The Labute approximate surface area is 92.3 Å². The second-order valence-electron chi connectivity index (χ2n) is 5.29. The van der Waals surface area contributed by atoms with Crippen molar-refractivity contribution in [2.45, 2.75) is 44.9 Å². The fraction of sp³-hybridized carbons (Fsp3) is 0.769. The maximum absolute atomic E-state index is 12.4. The molecule has 2 rings (SSSR count). The number of rotatable bonds is 1. The van der Waals surface area contributed by atoms with Crippen LogP contribution in [0.2, 0.25) is 0 Å². The number of carbonyl (C=O) groups excluding carboxylic acids is 1. The van der Waals surface area contributed by atoms with Gasteiger partial charge in [0, 0.05) is 31.3 Å². The van der Waals surface area contributed by atoms with Crippen LogP contribution in [0.1, 0.15) is 44.9 Å². The number of ketones is 1. The molecule has 0 aromatic heterocycles. The molecular weight excluding hydrogens is 186 g/mol. The normalized spacial score (nSPS) is 27.6. The zero-order valence-electron chi connectivity index (χ0n) is 9.88. The van der Waals surface area contributed by atoms with E-state index in [2.05, 4.69) is 0 Å². The van der Waals surface area contributed by atoms with Crippen LogP contribution in [-0.4, -0.2) is 24.8 Å². The summed E-state index contributed by atoms with van der Waals surface area (Å²) in [7, 11) is 3.99. The quantitative estimate of drug-likeness (QED) is 0.616. The smallest absolute Gasteiger partial charge is 0.166 e. The molecule has 2 saturated carbocycles. The lowest BCUT2D eigenvalue weighted by molar-refractivity contribution is -0.126. The first kappa shape index (κ1) is 10.7. The highest BCUT2D eigenvalue weighted by molar-refractivity contribution is 6.00. The highest BCUT2D eigenvalue weighted by Gasteiger charge is 2.43. The van der Waals surface area contributed by atoms with Crippen molar-refractivity contribution in [3.63, 3.8) is 0 Å². The van der Waals surface area contributed by atoms with Crippen molar-refractivity contribution in [2.75, 3.05) is 14.1 Å². The molecular formula is C13H21NO. The number of hydrogen-bond acceptors (Lipinski definition) is 2. The number of allylic oxidation sites excluding steroid dienone is 1. The summed E-state index contributed by atoms with van der Waals surface area (Å²) in [6.07, 6.45) is 10.1. The Balaban J connectivity index is 2.20. The average Bonchev–Trinajstić information content (AvgIpc) is 2.62. The maximum Gasteiger partial charge on any atom is 0.166 e. The van der Waals surface area contributed by atoms with Gasteiger partial charge in [0.25, 0.3) is 0 Å². The third-order valence-corrected chi connectivity index (χ3v) is 3.85. The lowest BCUT2D eigenvalue weighted by Gasteiger charge is -2.33. The molecule has 0 radical (unpaired) electrons. The van der Waals surface area contributed by atoms with Gasteiger partial charge in [-0.1, -0.05) is 12.8 Å². The average molecular weight is 207 g/mol. The third-order valence-electron chi connectivity index (χ3n) is 3.85. The van der Waals surface area contributed by atoms with Crippen LogP contribution in [0.25, 0.3) is 0 Å². The number of Topliss-reactive ketones (excluding diaryl/α,β-unsaturated/α-hetero) is 1. The van der Waals surface area contributed by atoms with Gasteiger partial charge in [-0.25, -0.2) is 0 Å². The van der Waals surface area contributed by atoms with Crippen LogP contribution in [0.4, 0.5) is 0 Å². The van der Waals surface area contributed by atoms with Crippen LogP contribution in [0, 0.1) is 5.41 Å². The summed E-state index contributed by atoms with van der Waals surface area (Å²) in [6, 6.07) is 0. The first-order chi connectivity index (χ1) is 7.14. The van der Waals surface area contributed by atoms with E-state index in [4.69, 9.17) is 0 Å². The van der Waals surface area contributed by atoms with Crippen LogP contribution >= 0.6 is 0 Å². The summed E-state index contributed by atoms with van der Waals surface area (Å²) < 4.78 is 0. The molecule has 2 heteroatoms. The highest BCUT2D eigenvalue weighted by atomic mass is 16.1. The summed E-state index contributed by atoms with van der Waals surface area (Å²) in [5.41, 5.74) is 1.12. The van der Waals surface area contributed by atoms with Crippen LogP contribution in [0.3, 0.4) is 0 Å². The minimum Gasteiger partial charge on any atom is -0.383 e. The second kappa shape index (κ2) is 3.99. The van der Waals surface area contributed by atoms with Crippen molar-refractivity contribution in [1.29, 1.82) is 0 Å². The number of nitrogens with zero attached hydrogens (tertiary/aromatic N) is 1. The zero-order valence-corrected chi connectivity index (χ0v) is 9.88. The van der Waals surface area contributed by atoms with E-state index in [0.29, 0.717) is 5.78 Å². The van der Waals surface area contributed by atoms with E-state index in [1.54, 1.807) is 0 Å². The Morgan fingerprint density at radius 1 is 1.13 bits per heavy atom. The molecule has 0 unspecified atom stereocenters. The summed E-state index contributed by atoms with van der Waals surface area (Å²) in [6.45, 7) is 0. The standard InChI is InChI=1S/C13H21NO/c1-14(2)10-11-6-5-9-13(12(11)15)7-3-4-8-13/h10H,3-9H2,1-2H3/b11-10-. The molecule has 84 valence electrons. The van der Waals surface area contributed by atoms with Gasteiger partial charge in [-0.3, -0.25) is 4.79 Å². The van der Waals surface area contributed by atoms with E-state index in [0.717, 1.165) is 31.3 Å². The Morgan fingerprint density at radius 3 is 2.33 bits per heavy atom. The van der Waals surface area contributed by atoms with E-state index in [-0.39, 0.29) is 5.41 Å². The van der Waals surface area contributed by atoms with Gasteiger partial charge in [-0.05, 0) is 32.1 Å². The first-order valence-electron chi connectivity index (χ1n) is 6.06. The van der Waals surface area contributed by atoms with Crippen LogP contribution in [-0.2, 0) is 4.79 Å². The molecule has 0 aliphatic heterocycles. The Morgan fingerprint density at radius 2 is 1.73 bits per heavy atom. The molecule has 2 aliphatic carbocycles. The number of hydrogen-bond donors (Lipinski definition) is 0. The molecule has 0 heterocycles. The molecule has 15 heavy (non-hydrogen) atoms. The second-order valence-corrected chi connectivity index (χ2v) is 5.29. The lowest BCUT2D eigenvalue weighted by Crippen LogP contribution is -2.33. The van der Waals surface area contributed by atoms with Gasteiger partial charge < -0.3 is 4.90 Å². The number of carbonyl (C=O) groups is 1. The maximum atomic E-state index is 12.4. The molecule has 0 aromatic carbocycles. The van der Waals surface area contributed by atoms with Gasteiger partial charge in [0.1, 0.15) is 0 Å². The predicted molar refractivity (Wildman–Crippen MR) is 61.5 cm³/mol. The van der Waals surface area contributed by atoms with E-state index < -0.39 is 0 Å².